The molecule has 0 radical (unpaired) electrons. The van der Waals surface area contributed by atoms with Crippen LogP contribution in [0.2, 0.25) is 5.02 Å². The average Bonchev–Trinajstić information content (AvgIpc) is 3.26. The predicted molar refractivity (Wildman–Crippen MR) is 113 cm³/mol. The molecular weight excluding hydrogens is 450 g/mol. The van der Waals surface area contributed by atoms with Crippen LogP contribution in [0.4, 0.5) is 0 Å². The molecule has 1 fully saturated rings. The molecule has 3 amide bonds. The van der Waals surface area contributed by atoms with E-state index in [2.05, 4.69) is 5.32 Å². The summed E-state index contributed by atoms with van der Waals surface area (Å²) in [5.41, 5.74) is 0. The van der Waals surface area contributed by atoms with Crippen molar-refractivity contribution in [3.63, 3.8) is 0 Å². The lowest BCUT2D eigenvalue weighted by atomic mass is 10.3. The summed E-state index contributed by atoms with van der Waals surface area (Å²) in [6, 6.07) is 8.60. The Morgan fingerprint density at radius 1 is 1.03 bits per heavy atom. The number of nitrogens with zero attached hydrogens (tertiary/aromatic N) is 2. The number of carbonyl (C=O) groups is 3. The zero-order chi connectivity index (χ0) is 21.9. The van der Waals surface area contributed by atoms with Crippen molar-refractivity contribution in [3.8, 4) is 0 Å². The van der Waals surface area contributed by atoms with Crippen molar-refractivity contribution in [1.82, 2.24) is 15.1 Å². The summed E-state index contributed by atoms with van der Waals surface area (Å²) in [6.45, 7) is 2.40. The molecule has 1 aromatic carbocycles. The van der Waals surface area contributed by atoms with Gasteiger partial charge in [0.15, 0.2) is 0 Å². The number of amides is 3. The molecular formula is C19H20ClN3O5S2. The fourth-order valence-corrected chi connectivity index (χ4v) is 5.26. The third-order valence-corrected chi connectivity index (χ3v) is 7.71. The van der Waals surface area contributed by atoms with Crippen LogP contribution in [0.25, 0.3) is 0 Å². The summed E-state index contributed by atoms with van der Waals surface area (Å²) < 4.78 is 26.5. The SMILES string of the molecule is CC(=O)N1CCN(C(=O)[C@@H](NC(=O)c2cccs2)S(=O)(=O)c2ccc(Cl)cc2)CC1. The molecule has 0 spiro atoms. The standard InChI is InChI=1S/C19H20ClN3O5S2/c1-13(24)22-8-10-23(11-9-22)19(26)18(21-17(25)16-3-2-12-29-16)30(27,28)15-6-4-14(20)5-7-15/h2-7,12,18H,8-11H2,1H3,(H,21,25)/t18-/m0/s1. The first-order chi connectivity index (χ1) is 14.2. The predicted octanol–water partition coefficient (Wildman–Crippen LogP) is 1.62. The minimum Gasteiger partial charge on any atom is -0.339 e. The summed E-state index contributed by atoms with van der Waals surface area (Å²) in [5, 5.41) is 2.62. The van der Waals surface area contributed by atoms with Crippen molar-refractivity contribution in [2.45, 2.75) is 17.2 Å². The van der Waals surface area contributed by atoms with Crippen LogP contribution in [0.1, 0.15) is 16.6 Å². The van der Waals surface area contributed by atoms with Crippen LogP contribution < -0.4 is 5.32 Å². The van der Waals surface area contributed by atoms with Crippen LogP contribution in [0, 0.1) is 0 Å². The number of rotatable bonds is 5. The number of thiophene rings is 1. The third kappa shape index (κ3) is 4.82. The van der Waals surface area contributed by atoms with Gasteiger partial charge in [-0.1, -0.05) is 17.7 Å². The number of piperazine rings is 1. The van der Waals surface area contributed by atoms with Crippen LogP contribution >= 0.6 is 22.9 Å². The molecule has 0 saturated carbocycles. The average molecular weight is 470 g/mol. The van der Waals surface area contributed by atoms with Gasteiger partial charge in [-0.25, -0.2) is 8.42 Å². The fraction of sp³-hybridized carbons (Fsp3) is 0.316. The van der Waals surface area contributed by atoms with Gasteiger partial charge in [0, 0.05) is 38.1 Å². The lowest BCUT2D eigenvalue weighted by molar-refractivity contribution is -0.138. The molecule has 1 atom stereocenters. The quantitative estimate of drug-likeness (QED) is 0.716. The van der Waals surface area contributed by atoms with Gasteiger partial charge in [0.1, 0.15) is 0 Å². The van der Waals surface area contributed by atoms with Gasteiger partial charge in [-0.2, -0.15) is 0 Å². The molecule has 0 aliphatic carbocycles. The lowest BCUT2D eigenvalue weighted by Gasteiger charge is -2.35. The van der Waals surface area contributed by atoms with Crippen LogP contribution in [-0.2, 0) is 19.4 Å². The van der Waals surface area contributed by atoms with Gasteiger partial charge >= 0.3 is 0 Å². The second kappa shape index (κ2) is 9.15. The minimum atomic E-state index is -4.24. The van der Waals surface area contributed by atoms with Gasteiger partial charge in [0.25, 0.3) is 11.8 Å². The highest BCUT2D eigenvalue weighted by molar-refractivity contribution is 7.92. The molecule has 0 bridgehead atoms. The van der Waals surface area contributed by atoms with Gasteiger partial charge < -0.3 is 15.1 Å². The smallest absolute Gasteiger partial charge is 0.262 e. The number of hydrogen-bond acceptors (Lipinski definition) is 6. The first kappa shape index (κ1) is 22.3. The fourth-order valence-electron chi connectivity index (χ4n) is 3.04. The number of hydrogen-bond donors (Lipinski definition) is 1. The van der Waals surface area contributed by atoms with E-state index in [9.17, 15) is 22.8 Å². The highest BCUT2D eigenvalue weighted by atomic mass is 35.5. The van der Waals surface area contributed by atoms with Crippen molar-refractivity contribution >= 4 is 50.5 Å². The Morgan fingerprint density at radius 3 is 2.17 bits per heavy atom. The van der Waals surface area contributed by atoms with E-state index < -0.39 is 27.0 Å². The highest BCUT2D eigenvalue weighted by Crippen LogP contribution is 2.21. The van der Waals surface area contributed by atoms with Crippen molar-refractivity contribution in [3.05, 3.63) is 51.7 Å². The minimum absolute atomic E-state index is 0.113. The Bertz CT molecular complexity index is 1030. The van der Waals surface area contributed by atoms with Crippen LogP contribution in [-0.4, -0.2) is 67.5 Å². The van der Waals surface area contributed by atoms with E-state index in [-0.39, 0.29) is 23.9 Å². The van der Waals surface area contributed by atoms with E-state index in [1.807, 2.05) is 0 Å². The number of carbonyl (C=O) groups excluding carboxylic acids is 3. The maximum Gasteiger partial charge on any atom is 0.262 e. The normalized spacial score (nSPS) is 15.5. The van der Waals surface area contributed by atoms with Gasteiger partial charge in [0.2, 0.25) is 21.1 Å². The van der Waals surface area contributed by atoms with Gasteiger partial charge in [-0.3, -0.25) is 14.4 Å². The van der Waals surface area contributed by atoms with Gasteiger partial charge in [0.05, 0.1) is 9.77 Å². The first-order valence-corrected chi connectivity index (χ1v) is 11.9. The van der Waals surface area contributed by atoms with E-state index in [4.69, 9.17) is 11.6 Å². The Morgan fingerprint density at radius 2 is 1.63 bits per heavy atom. The summed E-state index contributed by atoms with van der Waals surface area (Å²) in [7, 11) is -4.24. The van der Waals surface area contributed by atoms with Gasteiger partial charge in [-0.15, -0.1) is 11.3 Å². The van der Waals surface area contributed by atoms with Crippen LogP contribution in [0.15, 0.2) is 46.7 Å². The molecule has 1 aliphatic heterocycles. The molecule has 1 aromatic heterocycles. The Hall–Kier alpha value is -2.43. The van der Waals surface area contributed by atoms with Crippen molar-refractivity contribution in [1.29, 1.82) is 0 Å². The van der Waals surface area contributed by atoms with Crippen molar-refractivity contribution in [2.24, 2.45) is 0 Å². The molecule has 1 aliphatic rings. The molecule has 30 heavy (non-hydrogen) atoms. The molecule has 2 heterocycles. The number of benzene rings is 1. The Labute approximate surface area is 183 Å². The highest BCUT2D eigenvalue weighted by Gasteiger charge is 2.39. The largest absolute Gasteiger partial charge is 0.339 e. The lowest BCUT2D eigenvalue weighted by Crippen LogP contribution is -2.57. The molecule has 2 aromatic rings. The van der Waals surface area contributed by atoms with Crippen molar-refractivity contribution in [2.75, 3.05) is 26.2 Å². The van der Waals surface area contributed by atoms with Crippen LogP contribution in [0.5, 0.6) is 0 Å². The zero-order valence-electron chi connectivity index (χ0n) is 16.1. The van der Waals surface area contributed by atoms with E-state index in [1.54, 1.807) is 22.4 Å². The summed E-state index contributed by atoms with van der Waals surface area (Å²) in [5.74, 6) is -1.50. The van der Waals surface area contributed by atoms with Gasteiger partial charge in [-0.05, 0) is 35.7 Å². The summed E-state index contributed by atoms with van der Waals surface area (Å²) >= 11 is 6.99. The second-order valence-electron chi connectivity index (χ2n) is 6.66. The Kier molecular flexibility index (Phi) is 6.79. The zero-order valence-corrected chi connectivity index (χ0v) is 18.5. The van der Waals surface area contributed by atoms with E-state index in [1.165, 1.54) is 36.1 Å². The van der Waals surface area contributed by atoms with E-state index in [0.29, 0.717) is 23.0 Å². The molecule has 1 N–H and O–H groups in total. The second-order valence-corrected chi connectivity index (χ2v) is 10.1. The Balaban J connectivity index is 1.89. The molecule has 3 rings (SSSR count). The maximum absolute atomic E-state index is 13.2. The molecule has 0 unspecified atom stereocenters. The summed E-state index contributed by atoms with van der Waals surface area (Å²) in [4.78, 5) is 40.4. The number of sulfone groups is 1. The van der Waals surface area contributed by atoms with Crippen LogP contribution in [0.3, 0.4) is 0 Å². The molecule has 8 nitrogen and oxygen atoms in total. The van der Waals surface area contributed by atoms with E-state index in [0.717, 1.165) is 11.3 Å². The monoisotopic (exact) mass is 469 g/mol. The molecule has 11 heteroatoms. The van der Waals surface area contributed by atoms with Crippen molar-refractivity contribution < 1.29 is 22.8 Å². The number of nitrogens with one attached hydrogen (secondary N) is 1. The molecule has 160 valence electrons. The number of halogens is 1. The third-order valence-electron chi connectivity index (χ3n) is 4.72. The topological polar surface area (TPSA) is 104 Å². The molecule has 1 saturated heterocycles. The first-order valence-electron chi connectivity index (χ1n) is 9.08. The van der Waals surface area contributed by atoms with E-state index >= 15 is 0 Å². The summed E-state index contributed by atoms with van der Waals surface area (Å²) in [6.07, 6.45) is 0. The maximum atomic E-state index is 13.2.